The molecule has 3 rings (SSSR count). The fraction of sp³-hybridized carbons (Fsp3) is 0.188. The lowest BCUT2D eigenvalue weighted by molar-refractivity contribution is -0.133. The zero-order valence-electron chi connectivity index (χ0n) is 13.3. The number of halogens is 1. The zero-order valence-corrected chi connectivity index (χ0v) is 14.9. The lowest BCUT2D eigenvalue weighted by atomic mass is 10.0. The smallest absolute Gasteiger partial charge is 0.269 e. The predicted octanol–water partition coefficient (Wildman–Crippen LogP) is 3.12. The van der Waals surface area contributed by atoms with Crippen LogP contribution in [0.3, 0.4) is 0 Å². The van der Waals surface area contributed by atoms with Gasteiger partial charge in [0, 0.05) is 33.1 Å². The summed E-state index contributed by atoms with van der Waals surface area (Å²) in [5.41, 5.74) is 1.33. The van der Waals surface area contributed by atoms with Gasteiger partial charge in [0.15, 0.2) is 0 Å². The van der Waals surface area contributed by atoms with E-state index in [9.17, 15) is 13.6 Å². The van der Waals surface area contributed by atoms with Crippen LogP contribution in [0.25, 0.3) is 21.9 Å². The number of anilines is 1. The number of nitrogens with zero attached hydrogens (tertiary/aromatic N) is 1. The van der Waals surface area contributed by atoms with Gasteiger partial charge < -0.3 is 8.97 Å². The summed E-state index contributed by atoms with van der Waals surface area (Å²) < 4.78 is 30.1. The monoisotopic (exact) mass is 381 g/mol. The van der Waals surface area contributed by atoms with Gasteiger partial charge in [0.25, 0.3) is 5.91 Å². The number of hydroxylamine groups is 1. The number of benzene rings is 2. The molecule has 0 spiro atoms. The van der Waals surface area contributed by atoms with Crippen LogP contribution in [0.4, 0.5) is 5.69 Å². The number of hydrogen-bond donors (Lipinski definition) is 2. The largest absolute Gasteiger partial charge is 0.755 e. The highest BCUT2D eigenvalue weighted by atomic mass is 35.5. The van der Waals surface area contributed by atoms with Crippen molar-refractivity contribution in [3.05, 3.63) is 41.4 Å². The summed E-state index contributed by atoms with van der Waals surface area (Å²) in [6.07, 6.45) is 0. The molecule has 2 aromatic carbocycles. The molecule has 0 saturated heterocycles. The Bertz CT molecular complexity index is 1000. The molecule has 0 aliphatic heterocycles. The van der Waals surface area contributed by atoms with Crippen LogP contribution >= 0.6 is 11.6 Å². The van der Waals surface area contributed by atoms with Crippen molar-refractivity contribution in [3.63, 3.8) is 0 Å². The molecule has 0 radical (unpaired) electrons. The van der Waals surface area contributed by atoms with E-state index in [0.717, 1.165) is 9.69 Å². The Hall–Kier alpha value is -2.13. The Kier molecular flexibility index (Phi) is 4.46. The van der Waals surface area contributed by atoms with E-state index in [-0.39, 0.29) is 5.69 Å². The number of furan rings is 1. The van der Waals surface area contributed by atoms with Gasteiger partial charge in [-0.15, -0.1) is 0 Å². The lowest BCUT2D eigenvalue weighted by Gasteiger charge is -2.38. The van der Waals surface area contributed by atoms with Gasteiger partial charge in [-0.3, -0.25) is 18.5 Å². The van der Waals surface area contributed by atoms with Crippen molar-refractivity contribution in [2.75, 3.05) is 4.31 Å². The van der Waals surface area contributed by atoms with E-state index in [2.05, 4.69) is 0 Å². The van der Waals surface area contributed by atoms with E-state index >= 15 is 0 Å². The molecule has 25 heavy (non-hydrogen) atoms. The van der Waals surface area contributed by atoms with Crippen LogP contribution in [0.2, 0.25) is 5.02 Å². The second kappa shape index (κ2) is 6.30. The molecule has 1 aromatic heterocycles. The third-order valence-electron chi connectivity index (χ3n) is 3.97. The quantitative estimate of drug-likeness (QED) is 0.410. The van der Waals surface area contributed by atoms with Crippen molar-refractivity contribution < 1.29 is 23.2 Å². The van der Waals surface area contributed by atoms with E-state index in [4.69, 9.17) is 21.2 Å². The van der Waals surface area contributed by atoms with Crippen molar-refractivity contribution in [2.45, 2.75) is 19.4 Å². The summed E-state index contributed by atoms with van der Waals surface area (Å²) in [4.78, 5) is 11.9. The first-order valence-corrected chi connectivity index (χ1v) is 8.62. The van der Waals surface area contributed by atoms with Gasteiger partial charge in [0.05, 0.1) is 5.69 Å². The fourth-order valence-corrected chi connectivity index (χ4v) is 3.59. The van der Waals surface area contributed by atoms with Gasteiger partial charge in [0.2, 0.25) is 0 Å². The average Bonchev–Trinajstić information content (AvgIpc) is 2.90. The Balaban J connectivity index is 2.20. The van der Waals surface area contributed by atoms with Gasteiger partial charge in [0.1, 0.15) is 16.7 Å². The average molecular weight is 382 g/mol. The third-order valence-corrected chi connectivity index (χ3v) is 5.17. The van der Waals surface area contributed by atoms with Crippen molar-refractivity contribution >= 4 is 56.4 Å². The minimum Gasteiger partial charge on any atom is -0.755 e. The second-order valence-corrected chi connectivity index (χ2v) is 7.17. The number of amides is 1. The van der Waals surface area contributed by atoms with Crippen LogP contribution in [0, 0.1) is 0 Å². The van der Waals surface area contributed by atoms with E-state index < -0.39 is 22.7 Å². The Morgan fingerprint density at radius 3 is 2.60 bits per heavy atom. The molecule has 0 bridgehead atoms. The fourth-order valence-electron chi connectivity index (χ4n) is 2.69. The molecule has 3 aromatic rings. The van der Waals surface area contributed by atoms with Gasteiger partial charge in [-0.1, -0.05) is 11.6 Å². The highest BCUT2D eigenvalue weighted by molar-refractivity contribution is 7.80. The standard InChI is InChI=1S/C16H15ClN2O5S/c1-16(2,15(20)18-21)19(25(22)23)10-4-6-13-12(8-10)11-5-3-9(17)7-14(11)24-13/h3-8,21H,1-2H3,(H,18,20)(H,22,23)/p-1. The van der Waals surface area contributed by atoms with Crippen LogP contribution in [-0.2, 0) is 16.1 Å². The molecule has 1 amide bonds. The summed E-state index contributed by atoms with van der Waals surface area (Å²) in [6, 6.07) is 9.90. The molecule has 9 heteroatoms. The minimum absolute atomic E-state index is 0.257. The third kappa shape index (κ3) is 2.98. The number of carbonyl (C=O) groups is 1. The maximum absolute atomic E-state index is 11.9. The topological polar surface area (TPSA) is 106 Å². The summed E-state index contributed by atoms with van der Waals surface area (Å²) in [6.45, 7) is 2.76. The number of hydrogen-bond acceptors (Lipinski definition) is 5. The first kappa shape index (κ1) is 17.7. The maximum atomic E-state index is 11.9. The SMILES string of the molecule is CC(C)(C(=O)NO)N(c1ccc2oc3cc(Cl)ccc3c2c1)S(=O)[O-]. The molecule has 0 fully saturated rings. The van der Waals surface area contributed by atoms with Gasteiger partial charge >= 0.3 is 0 Å². The summed E-state index contributed by atoms with van der Waals surface area (Å²) in [5.74, 6) is -0.861. The summed E-state index contributed by atoms with van der Waals surface area (Å²) >= 11 is 3.21. The van der Waals surface area contributed by atoms with Gasteiger partial charge in [-0.2, -0.15) is 0 Å². The normalized spacial score (nSPS) is 13.2. The van der Waals surface area contributed by atoms with Crippen LogP contribution in [0.15, 0.2) is 40.8 Å². The molecular weight excluding hydrogens is 368 g/mol. The van der Waals surface area contributed by atoms with Crippen LogP contribution in [0.5, 0.6) is 0 Å². The number of carbonyl (C=O) groups excluding carboxylic acids is 1. The second-order valence-electron chi connectivity index (χ2n) is 5.93. The molecule has 2 N–H and O–H groups in total. The summed E-state index contributed by atoms with van der Waals surface area (Å²) in [5, 5.41) is 10.9. The molecule has 7 nitrogen and oxygen atoms in total. The lowest BCUT2D eigenvalue weighted by Crippen LogP contribution is -2.55. The van der Waals surface area contributed by atoms with Crippen molar-refractivity contribution in [3.8, 4) is 0 Å². The molecular formula is C16H14ClN2O5S-. The first-order chi connectivity index (χ1) is 11.8. The molecule has 1 atom stereocenters. The van der Waals surface area contributed by atoms with Gasteiger partial charge in [-0.25, -0.2) is 5.48 Å². The molecule has 1 heterocycles. The van der Waals surface area contributed by atoms with E-state index in [1.54, 1.807) is 30.3 Å². The van der Waals surface area contributed by atoms with Crippen molar-refractivity contribution in [1.29, 1.82) is 0 Å². The van der Waals surface area contributed by atoms with Crippen LogP contribution in [0.1, 0.15) is 13.8 Å². The minimum atomic E-state index is -2.75. The number of fused-ring (bicyclic) bond motifs is 3. The Morgan fingerprint density at radius 2 is 1.96 bits per heavy atom. The molecule has 0 aliphatic rings. The van der Waals surface area contributed by atoms with Crippen molar-refractivity contribution in [1.82, 2.24) is 5.48 Å². The van der Waals surface area contributed by atoms with Gasteiger partial charge in [-0.05, 0) is 44.2 Å². The van der Waals surface area contributed by atoms with Crippen LogP contribution in [-0.4, -0.2) is 25.4 Å². The summed E-state index contributed by atoms with van der Waals surface area (Å²) in [7, 11) is 0. The maximum Gasteiger partial charge on any atom is 0.269 e. The Morgan fingerprint density at radius 1 is 1.24 bits per heavy atom. The van der Waals surface area contributed by atoms with Crippen LogP contribution < -0.4 is 9.79 Å². The predicted molar refractivity (Wildman–Crippen MR) is 94.1 cm³/mol. The number of rotatable bonds is 4. The van der Waals surface area contributed by atoms with E-state index in [1.165, 1.54) is 25.4 Å². The number of nitrogens with one attached hydrogen (secondary N) is 1. The zero-order chi connectivity index (χ0) is 18.4. The molecule has 0 aliphatic carbocycles. The van der Waals surface area contributed by atoms with E-state index in [0.29, 0.717) is 21.6 Å². The first-order valence-electron chi connectivity index (χ1n) is 7.21. The molecule has 0 saturated carbocycles. The molecule has 132 valence electrons. The highest BCUT2D eigenvalue weighted by Crippen LogP contribution is 2.35. The Labute approximate surface area is 150 Å². The molecule has 1 unspecified atom stereocenters. The van der Waals surface area contributed by atoms with E-state index in [1.807, 2.05) is 0 Å². The highest BCUT2D eigenvalue weighted by Gasteiger charge is 2.36. The van der Waals surface area contributed by atoms with Crippen molar-refractivity contribution in [2.24, 2.45) is 0 Å².